The predicted octanol–water partition coefficient (Wildman–Crippen LogP) is 1.63. The molecule has 1 unspecified atom stereocenters. The highest BCUT2D eigenvalue weighted by atomic mass is 35.5. The maximum absolute atomic E-state index is 12.0. The van der Waals surface area contributed by atoms with E-state index in [1.165, 1.54) is 0 Å². The van der Waals surface area contributed by atoms with Gasteiger partial charge in [0.15, 0.2) is 11.5 Å². The summed E-state index contributed by atoms with van der Waals surface area (Å²) in [6.45, 7) is 4.07. The smallest absolute Gasteiger partial charge is 0.231 e. The Morgan fingerprint density at radius 1 is 1.37 bits per heavy atom. The van der Waals surface area contributed by atoms with Crippen molar-refractivity contribution in [1.82, 2.24) is 5.32 Å². The molecule has 2 aliphatic rings. The summed E-state index contributed by atoms with van der Waals surface area (Å²) in [6, 6.07) is 5.44. The van der Waals surface area contributed by atoms with Crippen LogP contribution in [0.3, 0.4) is 0 Å². The molecule has 1 aromatic rings. The number of rotatable bonds is 3. The number of anilines is 1. The summed E-state index contributed by atoms with van der Waals surface area (Å²) in [7, 11) is 0. The molecule has 0 aromatic heterocycles. The van der Waals surface area contributed by atoms with Crippen LogP contribution < -0.4 is 20.1 Å². The standard InChI is InChI=1S/C13H16N2O3.ClH/c1-8(9-5-14-6-9)13(16)15-10-2-3-11-12(4-10)18-7-17-11;/h2-4,8-9,14H,5-7H2,1H3,(H,15,16);1H. The predicted molar refractivity (Wildman–Crippen MR) is 74.0 cm³/mol. The Kier molecular flexibility index (Phi) is 4.17. The molecule has 2 N–H and O–H groups in total. The highest BCUT2D eigenvalue weighted by Gasteiger charge is 2.28. The summed E-state index contributed by atoms with van der Waals surface area (Å²) in [5.41, 5.74) is 0.753. The average molecular weight is 285 g/mol. The number of ether oxygens (including phenoxy) is 2. The van der Waals surface area contributed by atoms with Crippen molar-refractivity contribution in [3.63, 3.8) is 0 Å². The van der Waals surface area contributed by atoms with E-state index in [0.717, 1.165) is 24.5 Å². The molecule has 1 aromatic carbocycles. The van der Waals surface area contributed by atoms with Crippen LogP contribution in [-0.2, 0) is 4.79 Å². The summed E-state index contributed by atoms with van der Waals surface area (Å²) < 4.78 is 10.5. The normalized spacial score (nSPS) is 18.2. The van der Waals surface area contributed by atoms with Gasteiger partial charge in [-0.05, 0) is 31.1 Å². The summed E-state index contributed by atoms with van der Waals surface area (Å²) >= 11 is 0. The van der Waals surface area contributed by atoms with Gasteiger partial charge in [-0.2, -0.15) is 0 Å². The summed E-state index contributed by atoms with van der Waals surface area (Å²) in [5, 5.41) is 6.10. The third-order valence-electron chi connectivity index (χ3n) is 3.57. The fourth-order valence-electron chi connectivity index (χ4n) is 2.11. The van der Waals surface area contributed by atoms with Gasteiger partial charge < -0.3 is 20.1 Å². The average Bonchev–Trinajstić information content (AvgIpc) is 2.73. The van der Waals surface area contributed by atoms with Crippen molar-refractivity contribution in [2.24, 2.45) is 11.8 Å². The molecule has 0 bridgehead atoms. The monoisotopic (exact) mass is 284 g/mol. The van der Waals surface area contributed by atoms with Gasteiger partial charge in [-0.3, -0.25) is 4.79 Å². The lowest BCUT2D eigenvalue weighted by atomic mass is 9.88. The molecule has 0 radical (unpaired) electrons. The quantitative estimate of drug-likeness (QED) is 0.886. The van der Waals surface area contributed by atoms with E-state index in [0.29, 0.717) is 11.7 Å². The molecule has 0 aliphatic carbocycles. The number of fused-ring (bicyclic) bond motifs is 1. The van der Waals surface area contributed by atoms with E-state index in [1.807, 2.05) is 19.1 Å². The number of halogens is 1. The molecular weight excluding hydrogens is 268 g/mol. The van der Waals surface area contributed by atoms with Crippen LogP contribution in [0, 0.1) is 11.8 Å². The Morgan fingerprint density at radius 2 is 2.11 bits per heavy atom. The van der Waals surface area contributed by atoms with E-state index in [4.69, 9.17) is 9.47 Å². The molecule has 2 aliphatic heterocycles. The first-order valence-corrected chi connectivity index (χ1v) is 6.15. The topological polar surface area (TPSA) is 59.6 Å². The van der Waals surface area contributed by atoms with Crippen LogP contribution >= 0.6 is 12.4 Å². The minimum atomic E-state index is 0. The van der Waals surface area contributed by atoms with E-state index < -0.39 is 0 Å². The van der Waals surface area contributed by atoms with Gasteiger partial charge in [-0.1, -0.05) is 6.92 Å². The molecule has 19 heavy (non-hydrogen) atoms. The van der Waals surface area contributed by atoms with Crippen LogP contribution in [0.1, 0.15) is 6.92 Å². The fourth-order valence-corrected chi connectivity index (χ4v) is 2.11. The maximum atomic E-state index is 12.0. The van der Waals surface area contributed by atoms with Crippen molar-refractivity contribution >= 4 is 24.0 Å². The van der Waals surface area contributed by atoms with Gasteiger partial charge in [-0.25, -0.2) is 0 Å². The molecule has 1 saturated heterocycles. The molecule has 3 rings (SSSR count). The van der Waals surface area contributed by atoms with Gasteiger partial charge >= 0.3 is 0 Å². The lowest BCUT2D eigenvalue weighted by Gasteiger charge is -2.31. The van der Waals surface area contributed by atoms with Gasteiger partial charge in [-0.15, -0.1) is 12.4 Å². The minimum Gasteiger partial charge on any atom is -0.454 e. The third kappa shape index (κ3) is 2.77. The zero-order chi connectivity index (χ0) is 12.5. The first-order chi connectivity index (χ1) is 8.74. The maximum Gasteiger partial charge on any atom is 0.231 e. The van der Waals surface area contributed by atoms with Crippen LogP contribution in [0.15, 0.2) is 18.2 Å². The highest BCUT2D eigenvalue weighted by Crippen LogP contribution is 2.34. The van der Waals surface area contributed by atoms with Crippen molar-refractivity contribution in [3.05, 3.63) is 18.2 Å². The number of amides is 1. The van der Waals surface area contributed by atoms with Crippen LogP contribution in [0.2, 0.25) is 0 Å². The second-order valence-electron chi connectivity index (χ2n) is 4.76. The van der Waals surface area contributed by atoms with Crippen LogP contribution in [0.4, 0.5) is 5.69 Å². The molecular formula is C13H17ClN2O3. The van der Waals surface area contributed by atoms with E-state index in [9.17, 15) is 4.79 Å². The van der Waals surface area contributed by atoms with E-state index >= 15 is 0 Å². The zero-order valence-corrected chi connectivity index (χ0v) is 11.5. The zero-order valence-electron chi connectivity index (χ0n) is 10.6. The van der Waals surface area contributed by atoms with Crippen molar-refractivity contribution in [2.75, 3.05) is 25.2 Å². The number of hydrogen-bond donors (Lipinski definition) is 2. The van der Waals surface area contributed by atoms with Crippen LogP contribution in [0.5, 0.6) is 11.5 Å². The molecule has 104 valence electrons. The lowest BCUT2D eigenvalue weighted by Crippen LogP contribution is -2.48. The number of carbonyl (C=O) groups excluding carboxylic acids is 1. The van der Waals surface area contributed by atoms with Crippen molar-refractivity contribution in [2.45, 2.75) is 6.92 Å². The Balaban J connectivity index is 0.00000133. The van der Waals surface area contributed by atoms with Crippen molar-refractivity contribution < 1.29 is 14.3 Å². The number of hydrogen-bond acceptors (Lipinski definition) is 4. The molecule has 1 amide bonds. The Bertz CT molecular complexity index is 477. The molecule has 1 atom stereocenters. The van der Waals surface area contributed by atoms with E-state index in [1.54, 1.807) is 6.07 Å². The third-order valence-corrected chi connectivity index (χ3v) is 3.57. The second-order valence-corrected chi connectivity index (χ2v) is 4.76. The highest BCUT2D eigenvalue weighted by molar-refractivity contribution is 5.93. The molecule has 2 heterocycles. The molecule has 0 spiro atoms. The summed E-state index contributed by atoms with van der Waals surface area (Å²) in [4.78, 5) is 12.0. The number of carbonyl (C=O) groups is 1. The minimum absolute atomic E-state index is 0. The molecule has 6 heteroatoms. The fraction of sp³-hybridized carbons (Fsp3) is 0.462. The van der Waals surface area contributed by atoms with E-state index in [-0.39, 0.29) is 31.0 Å². The summed E-state index contributed by atoms with van der Waals surface area (Å²) in [5.74, 6) is 1.94. The molecule has 5 nitrogen and oxygen atoms in total. The lowest BCUT2D eigenvalue weighted by molar-refractivity contribution is -0.121. The van der Waals surface area contributed by atoms with Gasteiger partial charge in [0, 0.05) is 17.7 Å². The van der Waals surface area contributed by atoms with Gasteiger partial charge in [0.05, 0.1) is 0 Å². The number of benzene rings is 1. The van der Waals surface area contributed by atoms with Crippen LogP contribution in [0.25, 0.3) is 0 Å². The van der Waals surface area contributed by atoms with Gasteiger partial charge in [0.25, 0.3) is 0 Å². The Morgan fingerprint density at radius 3 is 2.79 bits per heavy atom. The molecule has 1 fully saturated rings. The van der Waals surface area contributed by atoms with E-state index in [2.05, 4.69) is 10.6 Å². The Hall–Kier alpha value is -1.46. The first kappa shape index (κ1) is 14.0. The van der Waals surface area contributed by atoms with Crippen molar-refractivity contribution in [1.29, 1.82) is 0 Å². The second kappa shape index (κ2) is 5.67. The van der Waals surface area contributed by atoms with Gasteiger partial charge in [0.1, 0.15) is 0 Å². The number of nitrogens with one attached hydrogen (secondary N) is 2. The first-order valence-electron chi connectivity index (χ1n) is 6.15. The SMILES string of the molecule is CC(C(=O)Nc1ccc2c(c1)OCO2)C1CNC1.Cl. The van der Waals surface area contributed by atoms with Gasteiger partial charge in [0.2, 0.25) is 12.7 Å². The Labute approximate surface area is 118 Å². The summed E-state index contributed by atoms with van der Waals surface area (Å²) in [6.07, 6.45) is 0. The largest absolute Gasteiger partial charge is 0.454 e. The molecule has 0 saturated carbocycles. The van der Waals surface area contributed by atoms with Crippen LogP contribution in [-0.4, -0.2) is 25.8 Å². The van der Waals surface area contributed by atoms with Crippen molar-refractivity contribution in [3.8, 4) is 11.5 Å².